The van der Waals surface area contributed by atoms with Gasteiger partial charge in [-0.2, -0.15) is 0 Å². The van der Waals surface area contributed by atoms with Crippen LogP contribution in [0.15, 0.2) is 48.5 Å². The van der Waals surface area contributed by atoms with Gasteiger partial charge in [-0.1, -0.05) is 62.9 Å². The number of carbonyl (C=O) groups excluding carboxylic acids is 7. The van der Waals surface area contributed by atoms with Crippen molar-refractivity contribution < 1.29 is 52.5 Å². The van der Waals surface area contributed by atoms with E-state index in [1.54, 1.807) is 76.2 Å². The predicted octanol–water partition coefficient (Wildman–Crippen LogP) is 3.24. The van der Waals surface area contributed by atoms with Gasteiger partial charge < -0.3 is 45.1 Å². The van der Waals surface area contributed by atoms with Crippen LogP contribution in [0.3, 0.4) is 0 Å². The first-order valence-corrected chi connectivity index (χ1v) is 21.4. The maximum Gasteiger partial charge on any atom is 0.333 e. The Balaban J connectivity index is 1.29. The number of nitrogens with zero attached hydrogens (tertiary/aromatic N) is 1. The lowest BCUT2D eigenvalue weighted by molar-refractivity contribution is -0.158. The summed E-state index contributed by atoms with van der Waals surface area (Å²) in [7, 11) is 1.53. The van der Waals surface area contributed by atoms with Crippen LogP contribution in [-0.2, 0) is 49.5 Å². The molecule has 0 radical (unpaired) electrons. The molecule has 16 nitrogen and oxygen atoms in total. The molecule has 1 saturated heterocycles. The minimum Gasteiger partial charge on any atom is -0.497 e. The maximum atomic E-state index is 14.7. The van der Waals surface area contributed by atoms with Gasteiger partial charge in [0.25, 0.3) is 5.91 Å². The molecule has 2 fully saturated rings. The number of hydrogen-bond acceptors (Lipinski definition) is 11. The minimum atomic E-state index is -1.27. The monoisotopic (exact) mass is 847 g/mol. The first-order chi connectivity index (χ1) is 29.1. The van der Waals surface area contributed by atoms with Gasteiger partial charge in [0, 0.05) is 25.5 Å². The molecule has 2 aromatic carbocycles. The summed E-state index contributed by atoms with van der Waals surface area (Å²) in [4.78, 5) is 96.9. The number of Topliss-reactive ketones (excluding diaryl/α,β-unsaturated/α-hetero) is 1. The molecule has 4 N–H and O–H groups in total. The number of amides is 5. The summed E-state index contributed by atoms with van der Waals surface area (Å²) < 4.78 is 23.1. The Bertz CT molecular complexity index is 1880. The molecule has 2 aliphatic heterocycles. The lowest BCUT2D eigenvalue weighted by Gasteiger charge is -2.35. The summed E-state index contributed by atoms with van der Waals surface area (Å²) >= 11 is 0. The average Bonchev–Trinajstić information content (AvgIpc) is 3.67. The second kappa shape index (κ2) is 21.8. The average molecular weight is 848 g/mol. The molecule has 5 amide bonds. The second-order valence-corrected chi connectivity index (χ2v) is 16.9. The third-order valence-electron chi connectivity index (χ3n) is 10.9. The van der Waals surface area contributed by atoms with Crippen molar-refractivity contribution in [3.8, 4) is 11.5 Å². The summed E-state index contributed by atoms with van der Waals surface area (Å²) in [6.45, 7) is 6.94. The molecule has 1 aliphatic carbocycles. The van der Waals surface area contributed by atoms with E-state index in [0.29, 0.717) is 42.1 Å². The highest BCUT2D eigenvalue weighted by atomic mass is 16.6. The van der Waals surface area contributed by atoms with E-state index in [9.17, 15) is 33.6 Å². The number of esters is 1. The number of methoxy groups -OCH3 is 1. The number of ketones is 1. The fourth-order valence-corrected chi connectivity index (χ4v) is 8.01. The molecule has 16 heteroatoms. The van der Waals surface area contributed by atoms with Crippen molar-refractivity contribution in [2.45, 2.75) is 128 Å². The number of benzene rings is 2. The Morgan fingerprint density at radius 3 is 2.38 bits per heavy atom. The zero-order valence-electron chi connectivity index (χ0n) is 35.9. The molecule has 1 unspecified atom stereocenters. The van der Waals surface area contributed by atoms with Crippen molar-refractivity contribution in [2.24, 2.45) is 5.92 Å². The van der Waals surface area contributed by atoms with Crippen LogP contribution in [0.4, 0.5) is 0 Å². The number of carbonyl (C=O) groups is 7. The fraction of sp³-hybridized carbons (Fsp3) is 0.578. The van der Waals surface area contributed by atoms with Crippen molar-refractivity contribution in [3.05, 3.63) is 59.7 Å². The van der Waals surface area contributed by atoms with Crippen LogP contribution in [0.5, 0.6) is 11.5 Å². The van der Waals surface area contributed by atoms with Gasteiger partial charge in [0.1, 0.15) is 29.2 Å². The van der Waals surface area contributed by atoms with E-state index < -0.39 is 77.8 Å². The molecule has 5 rings (SSSR count). The van der Waals surface area contributed by atoms with Crippen LogP contribution in [0.25, 0.3) is 0 Å². The maximum absolute atomic E-state index is 14.7. The number of rotatable bonds is 13. The Labute approximate surface area is 357 Å². The van der Waals surface area contributed by atoms with Gasteiger partial charge in [-0.25, -0.2) is 4.79 Å². The minimum absolute atomic E-state index is 0.0262. The van der Waals surface area contributed by atoms with Crippen LogP contribution in [0.1, 0.15) is 103 Å². The van der Waals surface area contributed by atoms with Gasteiger partial charge in [-0.3, -0.25) is 28.8 Å². The molecule has 332 valence electrons. The zero-order valence-corrected chi connectivity index (χ0v) is 35.9. The molecule has 3 aliphatic rings. The van der Waals surface area contributed by atoms with E-state index >= 15 is 0 Å². The third kappa shape index (κ3) is 13.5. The summed E-state index contributed by atoms with van der Waals surface area (Å²) in [5.41, 5.74) is 0.284. The Morgan fingerprint density at radius 2 is 1.69 bits per heavy atom. The van der Waals surface area contributed by atoms with Crippen molar-refractivity contribution in [2.75, 3.05) is 33.4 Å². The SMILES string of the molecule is CCCC(NC(=O)[C@@H]1C[C@@H]2CN1C(=O)[C@H](C1CCCCC1)NC(=O)Cc1cc(OC)cc(c1)OCCCO2)C(=O)C(=O)NCC(=O)N[C@H](C(=O)OC(C)(C)C)c1ccccc1. The Kier molecular flexibility index (Phi) is 16.7. The first-order valence-electron chi connectivity index (χ1n) is 21.4. The van der Waals surface area contributed by atoms with E-state index in [4.69, 9.17) is 18.9 Å². The second-order valence-electron chi connectivity index (χ2n) is 16.9. The van der Waals surface area contributed by atoms with Gasteiger partial charge in [0.05, 0.1) is 45.4 Å². The molecule has 0 aromatic heterocycles. The van der Waals surface area contributed by atoms with Gasteiger partial charge in [0.15, 0.2) is 6.04 Å². The van der Waals surface area contributed by atoms with Gasteiger partial charge in [-0.05, 0) is 69.2 Å². The lowest BCUT2D eigenvalue weighted by atomic mass is 9.83. The topological polar surface area (TPSA) is 208 Å². The molecule has 4 bridgehead atoms. The largest absolute Gasteiger partial charge is 0.497 e. The molecular weight excluding hydrogens is 787 g/mol. The molecular formula is C45H61N5O11. The molecule has 61 heavy (non-hydrogen) atoms. The third-order valence-corrected chi connectivity index (χ3v) is 10.9. The van der Waals surface area contributed by atoms with Crippen molar-refractivity contribution in [1.82, 2.24) is 26.2 Å². The smallest absolute Gasteiger partial charge is 0.333 e. The van der Waals surface area contributed by atoms with E-state index in [0.717, 1.165) is 32.1 Å². The molecule has 5 atom stereocenters. The molecule has 2 aromatic rings. The zero-order chi connectivity index (χ0) is 44.1. The Hall–Kier alpha value is -5.51. The standard InChI is InChI=1S/C45H61N5O11/c1-6-14-34(40(53)42(55)46-26-37(52)49-39(30-17-11-8-12-18-30)44(57)61-45(2,3)4)47-41(54)35-25-33-27-50(35)43(56)38(29-15-9-7-10-16-29)48-36(51)23-28-21-31(58-5)24-32(22-28)59-19-13-20-60-33/h8,11-12,17-18,21-22,24,29,33-35,38-39H,6-7,9-10,13-16,19-20,23,25-27H2,1-5H3,(H,46,55)(H,47,54)(H,48,51)(H,49,52)/t33-,34?,35+,38+,39+/m1/s1. The number of ether oxygens (including phenoxy) is 4. The van der Waals surface area contributed by atoms with Crippen LogP contribution in [0, 0.1) is 5.92 Å². The highest BCUT2D eigenvalue weighted by Crippen LogP contribution is 2.31. The highest BCUT2D eigenvalue weighted by molar-refractivity contribution is 6.38. The quantitative estimate of drug-likeness (QED) is 0.170. The van der Waals surface area contributed by atoms with Crippen LogP contribution in [0.2, 0.25) is 0 Å². The number of fused-ring (bicyclic) bond motifs is 4. The summed E-state index contributed by atoms with van der Waals surface area (Å²) in [5, 5.41) is 10.6. The molecule has 0 spiro atoms. The summed E-state index contributed by atoms with van der Waals surface area (Å²) in [6.07, 6.45) is 4.89. The van der Waals surface area contributed by atoms with Crippen molar-refractivity contribution in [1.29, 1.82) is 0 Å². The van der Waals surface area contributed by atoms with Gasteiger partial charge in [0.2, 0.25) is 29.4 Å². The molecule has 1 saturated carbocycles. The normalized spacial score (nSPS) is 21.2. The first kappa shape index (κ1) is 46.6. The summed E-state index contributed by atoms with van der Waals surface area (Å²) in [5.74, 6) is -4.02. The van der Waals surface area contributed by atoms with E-state index in [2.05, 4.69) is 21.3 Å². The predicted molar refractivity (Wildman–Crippen MR) is 223 cm³/mol. The fourth-order valence-electron chi connectivity index (χ4n) is 8.01. The van der Waals surface area contributed by atoms with Gasteiger partial charge in [-0.15, -0.1) is 0 Å². The van der Waals surface area contributed by atoms with E-state index in [1.165, 1.54) is 12.0 Å². The van der Waals surface area contributed by atoms with Crippen LogP contribution >= 0.6 is 0 Å². The number of nitrogens with one attached hydrogen (secondary N) is 4. The highest BCUT2D eigenvalue weighted by Gasteiger charge is 2.45. The van der Waals surface area contributed by atoms with Crippen molar-refractivity contribution >= 4 is 41.3 Å². The van der Waals surface area contributed by atoms with Crippen LogP contribution in [-0.4, -0.2) is 109 Å². The lowest BCUT2D eigenvalue weighted by Crippen LogP contribution is -2.58. The van der Waals surface area contributed by atoms with Gasteiger partial charge >= 0.3 is 5.97 Å². The summed E-state index contributed by atoms with van der Waals surface area (Å²) in [6, 6.07) is 9.34. The molecule has 2 heterocycles. The van der Waals surface area contributed by atoms with E-state index in [-0.39, 0.29) is 44.2 Å². The van der Waals surface area contributed by atoms with Crippen molar-refractivity contribution in [3.63, 3.8) is 0 Å². The number of hydrogen-bond donors (Lipinski definition) is 4. The van der Waals surface area contributed by atoms with E-state index in [1.807, 2.05) is 0 Å². The van der Waals surface area contributed by atoms with Crippen LogP contribution < -0.4 is 30.7 Å². The Morgan fingerprint density at radius 1 is 0.951 bits per heavy atom.